The van der Waals surface area contributed by atoms with Crippen LogP contribution in [0.1, 0.15) is 13.8 Å². The van der Waals surface area contributed by atoms with E-state index in [1.54, 1.807) is 0 Å². The topological polar surface area (TPSA) is 24.1 Å². The van der Waals surface area contributed by atoms with E-state index in [1.165, 1.54) is 6.04 Å². The summed E-state index contributed by atoms with van der Waals surface area (Å²) in [5.74, 6) is 0. The zero-order valence-electron chi connectivity index (χ0n) is 5.83. The van der Waals surface area contributed by atoms with Gasteiger partial charge in [0.25, 0.3) is 0 Å². The second kappa shape index (κ2) is 7.14. The Morgan fingerprint density at radius 1 is 1.38 bits per heavy atom. The van der Waals surface area contributed by atoms with Crippen LogP contribution in [0.15, 0.2) is 0 Å². The number of rotatable bonds is 5. The summed E-state index contributed by atoms with van der Waals surface area (Å²) in [7, 11) is 0.0889. The SMILES string of the molecule is CCNCN[SiH2]CC. The highest BCUT2D eigenvalue weighted by Crippen LogP contribution is 1.64. The van der Waals surface area contributed by atoms with Crippen LogP contribution in [0.25, 0.3) is 0 Å². The average molecular weight is 132 g/mol. The Balaban J connectivity index is 2.53. The third-order valence-electron chi connectivity index (χ3n) is 0.927. The van der Waals surface area contributed by atoms with Gasteiger partial charge >= 0.3 is 0 Å². The fraction of sp³-hybridized carbons (Fsp3) is 1.00. The van der Waals surface area contributed by atoms with Crippen LogP contribution < -0.4 is 10.3 Å². The second-order valence-corrected chi connectivity index (χ2v) is 3.78. The summed E-state index contributed by atoms with van der Waals surface area (Å²) >= 11 is 0. The Labute approximate surface area is 54.0 Å². The molecule has 2 N–H and O–H groups in total. The number of nitrogens with one attached hydrogen (secondary N) is 2. The van der Waals surface area contributed by atoms with Crippen LogP contribution >= 0.6 is 0 Å². The normalized spacial score (nSPS) is 11.2. The Morgan fingerprint density at radius 2 is 2.12 bits per heavy atom. The summed E-state index contributed by atoms with van der Waals surface area (Å²) in [6.07, 6.45) is 0. The van der Waals surface area contributed by atoms with Gasteiger partial charge in [-0.2, -0.15) is 0 Å². The first-order valence-corrected chi connectivity index (χ1v) is 5.04. The summed E-state index contributed by atoms with van der Waals surface area (Å²) in [5, 5.41) is 3.21. The molecule has 0 saturated heterocycles. The van der Waals surface area contributed by atoms with Crippen LogP contribution in [0.2, 0.25) is 6.04 Å². The van der Waals surface area contributed by atoms with Crippen LogP contribution in [-0.2, 0) is 0 Å². The third kappa shape index (κ3) is 6.14. The predicted molar refractivity (Wildman–Crippen MR) is 40.7 cm³/mol. The van der Waals surface area contributed by atoms with E-state index < -0.39 is 0 Å². The lowest BCUT2D eigenvalue weighted by atomic mass is 10.8. The van der Waals surface area contributed by atoms with Crippen molar-refractivity contribution in [2.45, 2.75) is 19.9 Å². The van der Waals surface area contributed by atoms with Crippen LogP contribution in [-0.4, -0.2) is 22.9 Å². The van der Waals surface area contributed by atoms with Gasteiger partial charge in [0.15, 0.2) is 0 Å². The molecular weight excluding hydrogens is 116 g/mol. The minimum Gasteiger partial charge on any atom is -0.331 e. The van der Waals surface area contributed by atoms with Gasteiger partial charge in [-0.15, -0.1) is 0 Å². The summed E-state index contributed by atoms with van der Waals surface area (Å²) in [5.41, 5.74) is 0. The average Bonchev–Trinajstić information content (AvgIpc) is 1.81. The van der Waals surface area contributed by atoms with Crippen molar-refractivity contribution in [1.29, 1.82) is 0 Å². The first-order valence-electron chi connectivity index (χ1n) is 3.33. The third-order valence-corrected chi connectivity index (χ3v) is 2.03. The van der Waals surface area contributed by atoms with E-state index in [2.05, 4.69) is 24.1 Å². The van der Waals surface area contributed by atoms with Crippen molar-refractivity contribution in [3.63, 3.8) is 0 Å². The van der Waals surface area contributed by atoms with Gasteiger partial charge in [0, 0.05) is 6.67 Å². The Morgan fingerprint density at radius 3 is 2.62 bits per heavy atom. The standard InChI is InChI=1S/C5H16N2Si/c1-3-6-5-7-8-4-2/h6-7H,3-5,8H2,1-2H3. The Kier molecular flexibility index (Phi) is 7.26. The zero-order chi connectivity index (χ0) is 6.24. The molecule has 0 aliphatic heterocycles. The number of hydrogen-bond donors (Lipinski definition) is 2. The number of hydrogen-bond acceptors (Lipinski definition) is 2. The van der Waals surface area contributed by atoms with Crippen molar-refractivity contribution in [1.82, 2.24) is 10.3 Å². The van der Waals surface area contributed by atoms with Crippen molar-refractivity contribution in [3.05, 3.63) is 0 Å². The molecule has 0 rings (SSSR count). The van der Waals surface area contributed by atoms with Gasteiger partial charge < -0.3 is 10.3 Å². The molecule has 8 heavy (non-hydrogen) atoms. The van der Waals surface area contributed by atoms with Crippen molar-refractivity contribution in [2.75, 3.05) is 13.2 Å². The molecule has 0 atom stereocenters. The van der Waals surface area contributed by atoms with Crippen LogP contribution in [0.5, 0.6) is 0 Å². The van der Waals surface area contributed by atoms with Crippen molar-refractivity contribution < 1.29 is 0 Å². The highest BCUT2D eigenvalue weighted by Gasteiger charge is 1.79. The van der Waals surface area contributed by atoms with E-state index in [4.69, 9.17) is 0 Å². The lowest BCUT2D eigenvalue weighted by Gasteiger charge is -2.00. The maximum absolute atomic E-state index is 3.36. The van der Waals surface area contributed by atoms with Gasteiger partial charge in [-0.25, -0.2) is 0 Å². The Hall–Kier alpha value is 0.137. The molecule has 0 fully saturated rings. The molecule has 0 radical (unpaired) electrons. The van der Waals surface area contributed by atoms with E-state index in [0.717, 1.165) is 13.2 Å². The van der Waals surface area contributed by atoms with Gasteiger partial charge in [-0.1, -0.05) is 19.9 Å². The smallest absolute Gasteiger partial charge is 0.0928 e. The predicted octanol–water partition coefficient (Wildman–Crippen LogP) is -0.335. The van der Waals surface area contributed by atoms with Crippen molar-refractivity contribution >= 4 is 9.68 Å². The maximum Gasteiger partial charge on any atom is 0.0928 e. The molecule has 0 saturated carbocycles. The van der Waals surface area contributed by atoms with E-state index in [-0.39, 0.29) is 9.68 Å². The fourth-order valence-corrected chi connectivity index (χ4v) is 1.19. The molecule has 50 valence electrons. The molecule has 0 aromatic heterocycles. The molecule has 0 aliphatic rings. The molecular formula is C5H16N2Si. The molecule has 0 aromatic carbocycles. The van der Waals surface area contributed by atoms with E-state index in [1.807, 2.05) is 0 Å². The zero-order valence-corrected chi connectivity index (χ0v) is 7.24. The highest BCUT2D eigenvalue weighted by molar-refractivity contribution is 6.31. The summed E-state index contributed by atoms with van der Waals surface area (Å²) in [6, 6.07) is 1.35. The lowest BCUT2D eigenvalue weighted by molar-refractivity contribution is 0.703. The molecule has 0 aromatic rings. The van der Waals surface area contributed by atoms with Gasteiger partial charge in [0.05, 0.1) is 9.68 Å². The largest absolute Gasteiger partial charge is 0.331 e. The fourth-order valence-electron chi connectivity index (χ4n) is 0.479. The van der Waals surface area contributed by atoms with Crippen LogP contribution in [0.3, 0.4) is 0 Å². The molecule has 0 amide bonds. The molecule has 0 heterocycles. The molecule has 0 spiro atoms. The van der Waals surface area contributed by atoms with Crippen molar-refractivity contribution in [2.24, 2.45) is 0 Å². The van der Waals surface area contributed by atoms with E-state index in [0.29, 0.717) is 0 Å². The van der Waals surface area contributed by atoms with Crippen molar-refractivity contribution in [3.8, 4) is 0 Å². The van der Waals surface area contributed by atoms with E-state index >= 15 is 0 Å². The second-order valence-electron chi connectivity index (χ2n) is 1.78. The summed E-state index contributed by atoms with van der Waals surface area (Å²) < 4.78 is 0. The van der Waals surface area contributed by atoms with Gasteiger partial charge in [0.1, 0.15) is 0 Å². The van der Waals surface area contributed by atoms with Gasteiger partial charge in [0.2, 0.25) is 0 Å². The molecule has 0 aliphatic carbocycles. The van der Waals surface area contributed by atoms with Gasteiger partial charge in [-0.05, 0) is 6.54 Å². The van der Waals surface area contributed by atoms with Gasteiger partial charge in [-0.3, -0.25) is 0 Å². The molecule has 0 unspecified atom stereocenters. The minimum atomic E-state index is 0.0889. The lowest BCUT2D eigenvalue weighted by Crippen LogP contribution is -2.30. The summed E-state index contributed by atoms with van der Waals surface area (Å²) in [6.45, 7) is 6.43. The maximum atomic E-state index is 3.36. The Bertz CT molecular complexity index is 35.4. The van der Waals surface area contributed by atoms with Crippen LogP contribution in [0.4, 0.5) is 0 Å². The molecule has 0 bridgehead atoms. The van der Waals surface area contributed by atoms with E-state index in [9.17, 15) is 0 Å². The first-order chi connectivity index (χ1) is 3.91. The quantitative estimate of drug-likeness (QED) is 0.304. The molecule has 3 heteroatoms. The monoisotopic (exact) mass is 132 g/mol. The first kappa shape index (κ1) is 8.14. The minimum absolute atomic E-state index is 0.0889. The van der Waals surface area contributed by atoms with Crippen LogP contribution in [0, 0.1) is 0 Å². The molecule has 2 nitrogen and oxygen atoms in total. The summed E-state index contributed by atoms with van der Waals surface area (Å²) in [4.78, 5) is 3.36. The highest BCUT2D eigenvalue weighted by atomic mass is 28.2.